The Bertz CT molecular complexity index is 1970. The number of ether oxygens (including phenoxy) is 1. The van der Waals surface area contributed by atoms with Crippen LogP contribution in [0.4, 0.5) is 20.2 Å². The molecule has 0 saturated carbocycles. The molecule has 1 atom stereocenters. The molecule has 0 unspecified atom stereocenters. The summed E-state index contributed by atoms with van der Waals surface area (Å²) in [6.45, 7) is 1.18. The number of alkyl halides is 1. The largest absolute Gasteiger partial charge is 0.453 e. The Hall–Kier alpha value is -4.87. The third kappa shape index (κ3) is 6.09. The van der Waals surface area contributed by atoms with Gasteiger partial charge in [0.15, 0.2) is 11.6 Å². The molecule has 0 aliphatic carbocycles. The average molecular weight is 635 g/mol. The Morgan fingerprint density at radius 1 is 1.02 bits per heavy atom. The van der Waals surface area contributed by atoms with E-state index in [0.29, 0.717) is 11.2 Å². The van der Waals surface area contributed by atoms with E-state index in [2.05, 4.69) is 14.6 Å². The molecule has 0 radical (unpaired) electrons. The highest BCUT2D eigenvalue weighted by molar-refractivity contribution is 7.90. The van der Waals surface area contributed by atoms with E-state index in [1.165, 1.54) is 29.1 Å². The zero-order valence-electron chi connectivity index (χ0n) is 23.9. The summed E-state index contributed by atoms with van der Waals surface area (Å²) in [5, 5.41) is 9.99. The molecule has 0 bridgehead atoms. The number of piperidine rings is 1. The van der Waals surface area contributed by atoms with Gasteiger partial charge in [-0.15, -0.1) is 0 Å². The molecule has 0 spiro atoms. The number of carbonyl (C=O) groups excluding carboxylic acids is 1. The third-order valence-electron chi connectivity index (χ3n) is 8.07. The molecule has 2 saturated heterocycles. The van der Waals surface area contributed by atoms with Crippen LogP contribution in [0.15, 0.2) is 65.7 Å². The van der Waals surface area contributed by atoms with E-state index in [9.17, 15) is 32.0 Å². The number of nitrogens with one attached hydrogen (secondary N) is 1. The van der Waals surface area contributed by atoms with Crippen LogP contribution in [0.25, 0.3) is 16.6 Å². The average Bonchev–Trinajstić information content (AvgIpc) is 3.50. The number of fused-ring (bicyclic) bond motifs is 1. The summed E-state index contributed by atoms with van der Waals surface area (Å²) in [6, 6.07) is 15.5. The van der Waals surface area contributed by atoms with Crippen LogP contribution in [0.3, 0.4) is 0 Å². The van der Waals surface area contributed by atoms with Crippen molar-refractivity contribution in [3.8, 4) is 23.3 Å². The van der Waals surface area contributed by atoms with E-state index in [4.69, 9.17) is 4.74 Å². The number of benzene rings is 3. The minimum Gasteiger partial charge on any atom is -0.453 e. The molecule has 0 amide bonds. The van der Waals surface area contributed by atoms with Gasteiger partial charge in [-0.3, -0.25) is 14.1 Å². The number of carbonyl (C=O) groups is 1. The van der Waals surface area contributed by atoms with Gasteiger partial charge in [0.1, 0.15) is 36.2 Å². The molecule has 6 rings (SSSR count). The maximum atomic E-state index is 15.0. The number of hydrogen-bond donors (Lipinski definition) is 1. The van der Waals surface area contributed by atoms with Crippen molar-refractivity contribution in [3.63, 3.8) is 0 Å². The highest BCUT2D eigenvalue weighted by Crippen LogP contribution is 2.35. The van der Waals surface area contributed by atoms with Crippen LogP contribution < -0.4 is 19.9 Å². The number of hydrogen-bond acceptors (Lipinski definition) is 8. The van der Waals surface area contributed by atoms with Gasteiger partial charge in [-0.2, -0.15) is 18.0 Å². The fourth-order valence-corrected chi connectivity index (χ4v) is 6.83. The van der Waals surface area contributed by atoms with Crippen molar-refractivity contribution in [2.75, 3.05) is 35.8 Å². The molecular formula is C31H28F2N6O5S. The lowest BCUT2D eigenvalue weighted by Crippen LogP contribution is -2.34. The molecule has 2 fully saturated rings. The standard InChI is InChI=1S/C31H28F2N6O5S/c32-21-11-14-38(17-21)45(42,43)36-29-8-6-27(33)30(26(29)16-34)44-24-5-7-28-25(15-24)31(41)39(19-35-28)23-3-1-22(2-4-23)37-12-9-20(18-40)10-13-37/h1-8,15,18-21,36H,9-14,17H2/t21-/m1/s1. The first-order valence-corrected chi connectivity index (χ1v) is 15.8. The van der Waals surface area contributed by atoms with Gasteiger partial charge in [0.2, 0.25) is 0 Å². The van der Waals surface area contributed by atoms with E-state index in [1.807, 2.05) is 12.1 Å². The molecule has 2 aliphatic rings. The first-order chi connectivity index (χ1) is 21.7. The molecule has 14 heteroatoms. The van der Waals surface area contributed by atoms with Gasteiger partial charge in [-0.25, -0.2) is 13.8 Å². The second-order valence-corrected chi connectivity index (χ2v) is 12.6. The lowest BCUT2D eigenvalue weighted by molar-refractivity contribution is -0.111. The minimum atomic E-state index is -4.21. The zero-order chi connectivity index (χ0) is 31.7. The molecule has 1 aromatic heterocycles. The van der Waals surface area contributed by atoms with Crippen molar-refractivity contribution in [3.05, 3.63) is 82.7 Å². The van der Waals surface area contributed by atoms with Gasteiger partial charge < -0.3 is 14.4 Å². The molecule has 45 heavy (non-hydrogen) atoms. The fraction of sp³-hybridized carbons (Fsp3) is 0.290. The lowest BCUT2D eigenvalue weighted by Gasteiger charge is -2.31. The van der Waals surface area contributed by atoms with E-state index in [1.54, 1.807) is 18.2 Å². The minimum absolute atomic E-state index is 0.0171. The van der Waals surface area contributed by atoms with Gasteiger partial charge in [0.25, 0.3) is 5.56 Å². The topological polar surface area (TPSA) is 138 Å². The Kier molecular flexibility index (Phi) is 8.22. The molecule has 2 aliphatic heterocycles. The van der Waals surface area contributed by atoms with Crippen molar-refractivity contribution in [2.24, 2.45) is 5.92 Å². The monoisotopic (exact) mass is 634 g/mol. The number of aldehydes is 1. The number of anilines is 2. The quantitative estimate of drug-likeness (QED) is 0.283. The normalized spacial score (nSPS) is 17.7. The zero-order valence-corrected chi connectivity index (χ0v) is 24.7. The van der Waals surface area contributed by atoms with Gasteiger partial charge in [0.05, 0.1) is 22.3 Å². The molecule has 4 aromatic rings. The van der Waals surface area contributed by atoms with Crippen LogP contribution in [0.2, 0.25) is 0 Å². The highest BCUT2D eigenvalue weighted by Gasteiger charge is 2.32. The summed E-state index contributed by atoms with van der Waals surface area (Å²) in [7, 11) is -4.21. The van der Waals surface area contributed by atoms with E-state index in [0.717, 1.165) is 54.3 Å². The predicted molar refractivity (Wildman–Crippen MR) is 163 cm³/mol. The van der Waals surface area contributed by atoms with Gasteiger partial charge >= 0.3 is 10.2 Å². The third-order valence-corrected chi connectivity index (χ3v) is 9.56. The van der Waals surface area contributed by atoms with E-state index >= 15 is 0 Å². The van der Waals surface area contributed by atoms with Crippen LogP contribution in [0.5, 0.6) is 11.5 Å². The van der Waals surface area contributed by atoms with Crippen LogP contribution in [0.1, 0.15) is 24.8 Å². The number of nitrogens with zero attached hydrogens (tertiary/aromatic N) is 5. The van der Waals surface area contributed by atoms with Crippen molar-refractivity contribution in [2.45, 2.75) is 25.4 Å². The smallest absolute Gasteiger partial charge is 0.301 e. The van der Waals surface area contributed by atoms with E-state index in [-0.39, 0.29) is 42.3 Å². The first-order valence-electron chi connectivity index (χ1n) is 14.3. The van der Waals surface area contributed by atoms with Crippen LogP contribution >= 0.6 is 0 Å². The SMILES string of the molecule is N#Cc1c(NS(=O)(=O)N2CC[C@@H](F)C2)ccc(F)c1Oc1ccc2ncn(-c3ccc(N4CCC(C=O)CC4)cc3)c(=O)c2c1. The first kappa shape index (κ1) is 30.2. The van der Waals surface area contributed by atoms with Crippen molar-refractivity contribution >= 4 is 38.8 Å². The number of halogens is 2. The van der Waals surface area contributed by atoms with Gasteiger partial charge in [-0.1, -0.05) is 0 Å². The molecular weight excluding hydrogens is 606 g/mol. The van der Waals surface area contributed by atoms with Crippen LogP contribution in [-0.2, 0) is 15.0 Å². The van der Waals surface area contributed by atoms with Crippen molar-refractivity contribution in [1.29, 1.82) is 5.26 Å². The van der Waals surface area contributed by atoms with Gasteiger partial charge in [0, 0.05) is 37.8 Å². The summed E-state index contributed by atoms with van der Waals surface area (Å²) in [5.41, 5.74) is 0.836. The van der Waals surface area contributed by atoms with Crippen molar-refractivity contribution < 1.29 is 26.7 Å². The summed E-state index contributed by atoms with van der Waals surface area (Å²) < 4.78 is 64.4. The Morgan fingerprint density at radius 2 is 1.76 bits per heavy atom. The Labute approximate surface area is 257 Å². The second-order valence-electron chi connectivity index (χ2n) is 10.9. The predicted octanol–water partition coefficient (Wildman–Crippen LogP) is 4.30. The van der Waals surface area contributed by atoms with Gasteiger partial charge in [-0.05, 0) is 73.9 Å². The molecule has 3 aromatic carbocycles. The molecule has 11 nitrogen and oxygen atoms in total. The lowest BCUT2D eigenvalue weighted by atomic mass is 9.98. The van der Waals surface area contributed by atoms with Crippen molar-refractivity contribution in [1.82, 2.24) is 13.9 Å². The summed E-state index contributed by atoms with van der Waals surface area (Å²) in [6.07, 6.45) is 2.76. The van der Waals surface area contributed by atoms with Crippen LogP contribution in [-0.4, -0.2) is 60.9 Å². The van der Waals surface area contributed by atoms with Crippen LogP contribution in [0, 0.1) is 23.1 Å². The second kappa shape index (κ2) is 12.3. The Morgan fingerprint density at radius 3 is 2.42 bits per heavy atom. The van der Waals surface area contributed by atoms with E-state index < -0.39 is 39.1 Å². The number of nitriles is 1. The Balaban J connectivity index is 1.27. The molecule has 1 N–H and O–H groups in total. The number of rotatable bonds is 8. The summed E-state index contributed by atoms with van der Waals surface area (Å²) in [4.78, 5) is 31.2. The molecule has 3 heterocycles. The molecule has 232 valence electrons. The summed E-state index contributed by atoms with van der Waals surface area (Å²) >= 11 is 0. The number of aromatic nitrogens is 2. The maximum absolute atomic E-state index is 15.0. The maximum Gasteiger partial charge on any atom is 0.301 e. The highest BCUT2D eigenvalue weighted by atomic mass is 32.2. The summed E-state index contributed by atoms with van der Waals surface area (Å²) in [5.74, 6) is -1.37. The fourth-order valence-electron chi connectivity index (χ4n) is 5.55.